The van der Waals surface area contributed by atoms with Crippen molar-refractivity contribution in [3.8, 4) is 0 Å². The van der Waals surface area contributed by atoms with Crippen LogP contribution in [0.25, 0.3) is 0 Å². The minimum Gasteiger partial charge on any atom is -0.272 e. The van der Waals surface area contributed by atoms with Gasteiger partial charge in [0.05, 0.1) is 0 Å². The molecule has 1 atom stereocenters. The molecule has 0 radical (unpaired) electrons. The summed E-state index contributed by atoms with van der Waals surface area (Å²) in [4.78, 5) is 10.6. The fourth-order valence-electron chi connectivity index (χ4n) is 0.836. The van der Waals surface area contributed by atoms with Crippen molar-refractivity contribution in [2.45, 2.75) is 33.2 Å². The predicted octanol–water partition coefficient (Wildman–Crippen LogP) is 0.934. The highest BCUT2D eigenvalue weighted by Crippen LogP contribution is 2.02. The number of hydrogen-bond donors (Lipinski definition) is 1. The first-order valence-corrected chi connectivity index (χ1v) is 5.56. The first kappa shape index (κ1) is 11.6. The Hall–Kier alpha value is -0.420. The Bertz CT molecular complexity index is 282. The smallest absolute Gasteiger partial charge is 0.251 e. The first-order valence-electron chi connectivity index (χ1n) is 3.64. The second kappa shape index (κ2) is 3.53. The van der Waals surface area contributed by atoms with E-state index in [-0.39, 0.29) is 5.54 Å². The van der Waals surface area contributed by atoms with Gasteiger partial charge in [-0.1, -0.05) is 0 Å². The summed E-state index contributed by atoms with van der Waals surface area (Å²) >= 11 is 0. The quantitative estimate of drug-likeness (QED) is 0.672. The topological polar surface area (TPSA) is 58.5 Å². The van der Waals surface area contributed by atoms with E-state index in [1.807, 2.05) is 20.8 Å². The minimum absolute atomic E-state index is 0.301. The van der Waals surface area contributed by atoms with Crippen molar-refractivity contribution in [1.29, 1.82) is 0 Å². The molecule has 0 saturated carbocycles. The van der Waals surface area contributed by atoms with E-state index in [0.29, 0.717) is 0 Å². The van der Waals surface area contributed by atoms with Gasteiger partial charge in [-0.15, -0.1) is 4.36 Å². The molecule has 72 valence electrons. The molecule has 12 heavy (non-hydrogen) atoms. The fraction of sp³-hybridized carbons (Fsp3) is 0.857. The molecular formula is C7H16N2O2S. The Balaban J connectivity index is 4.67. The molecule has 0 rings (SSSR count). The molecule has 4 nitrogen and oxygen atoms in total. The summed E-state index contributed by atoms with van der Waals surface area (Å²) in [6.07, 6.45) is 1.42. The average molecular weight is 192 g/mol. The van der Waals surface area contributed by atoms with E-state index in [4.69, 9.17) is 0 Å². The van der Waals surface area contributed by atoms with Crippen molar-refractivity contribution in [3.05, 3.63) is 0 Å². The largest absolute Gasteiger partial charge is 0.272 e. The van der Waals surface area contributed by atoms with Crippen LogP contribution in [0.2, 0.25) is 0 Å². The third-order valence-electron chi connectivity index (χ3n) is 0.798. The molecule has 1 N–H and O–H groups in total. The number of amides is 1. The van der Waals surface area contributed by atoms with Gasteiger partial charge < -0.3 is 0 Å². The minimum atomic E-state index is -2.56. The summed E-state index contributed by atoms with van der Waals surface area (Å²) in [6, 6.07) is 0. The molecule has 0 saturated heterocycles. The van der Waals surface area contributed by atoms with Crippen LogP contribution in [0.3, 0.4) is 0 Å². The number of rotatable bonds is 1. The molecule has 0 aromatic rings. The maximum Gasteiger partial charge on any atom is 0.251 e. The summed E-state index contributed by atoms with van der Waals surface area (Å²) < 4.78 is 17.8. The predicted molar refractivity (Wildman–Crippen MR) is 50.1 cm³/mol. The van der Waals surface area contributed by atoms with E-state index in [1.165, 1.54) is 13.2 Å². The van der Waals surface area contributed by atoms with Gasteiger partial charge in [0.15, 0.2) is 0 Å². The Morgan fingerprint density at radius 1 is 1.42 bits per heavy atom. The fourth-order valence-corrected chi connectivity index (χ4v) is 2.51. The van der Waals surface area contributed by atoms with Gasteiger partial charge in [0.2, 0.25) is 0 Å². The van der Waals surface area contributed by atoms with Crippen LogP contribution in [0.4, 0.5) is 0 Å². The Morgan fingerprint density at radius 2 is 1.83 bits per heavy atom. The molecular weight excluding hydrogens is 176 g/mol. The van der Waals surface area contributed by atoms with Crippen LogP contribution in [0, 0.1) is 0 Å². The summed E-state index contributed by atoms with van der Waals surface area (Å²) in [5.74, 6) is -0.417. The Morgan fingerprint density at radius 3 is 2.08 bits per heavy atom. The van der Waals surface area contributed by atoms with Gasteiger partial charge in [-0.3, -0.25) is 4.79 Å². The van der Waals surface area contributed by atoms with Gasteiger partial charge in [-0.25, -0.2) is 8.93 Å². The summed E-state index contributed by atoms with van der Waals surface area (Å²) in [5.41, 5.74) is -0.301. The van der Waals surface area contributed by atoms with Crippen LogP contribution in [0.1, 0.15) is 27.7 Å². The third-order valence-corrected chi connectivity index (χ3v) is 2.39. The number of carbonyl (C=O) groups is 1. The molecule has 0 aromatic heterocycles. The lowest BCUT2D eigenvalue weighted by Gasteiger charge is -2.20. The molecule has 1 unspecified atom stereocenters. The summed E-state index contributed by atoms with van der Waals surface area (Å²) in [5, 5.41) is 0. The van der Waals surface area contributed by atoms with Gasteiger partial charge in [-0.2, -0.15) is 0 Å². The molecule has 1 amide bonds. The molecule has 0 aliphatic rings. The second-order valence-corrected chi connectivity index (χ2v) is 5.76. The highest BCUT2D eigenvalue weighted by atomic mass is 32.2. The van der Waals surface area contributed by atoms with Crippen molar-refractivity contribution in [3.63, 3.8) is 0 Å². The van der Waals surface area contributed by atoms with Gasteiger partial charge in [0.25, 0.3) is 5.91 Å². The first-order chi connectivity index (χ1) is 5.12. The van der Waals surface area contributed by atoms with Crippen LogP contribution < -0.4 is 4.72 Å². The summed E-state index contributed by atoms with van der Waals surface area (Å²) in [7, 11) is -2.56. The number of carbonyl (C=O) groups excluding carboxylic acids is 1. The van der Waals surface area contributed by atoms with Crippen LogP contribution in [-0.4, -0.2) is 21.9 Å². The lowest BCUT2D eigenvalue weighted by atomic mass is 10.1. The third kappa shape index (κ3) is 6.30. The summed E-state index contributed by atoms with van der Waals surface area (Å²) in [6.45, 7) is 6.89. The average Bonchev–Trinajstić information content (AvgIpc) is 1.48. The Kier molecular flexibility index (Phi) is 3.41. The second-order valence-electron chi connectivity index (χ2n) is 3.76. The SMILES string of the molecule is CC(=O)N=S(C)(=O)NC(C)(C)C. The molecule has 5 heteroatoms. The van der Waals surface area contributed by atoms with Crippen molar-refractivity contribution in [2.75, 3.05) is 6.26 Å². The van der Waals surface area contributed by atoms with Crippen LogP contribution in [0.5, 0.6) is 0 Å². The van der Waals surface area contributed by atoms with Gasteiger partial charge >= 0.3 is 0 Å². The number of hydrogen-bond acceptors (Lipinski definition) is 2. The zero-order valence-electron chi connectivity index (χ0n) is 8.17. The van der Waals surface area contributed by atoms with Crippen molar-refractivity contribution in [1.82, 2.24) is 4.72 Å². The van der Waals surface area contributed by atoms with Crippen LogP contribution in [0.15, 0.2) is 4.36 Å². The van der Waals surface area contributed by atoms with E-state index in [9.17, 15) is 9.00 Å². The molecule has 0 aromatic carbocycles. The normalized spacial score (nSPS) is 16.8. The lowest BCUT2D eigenvalue weighted by molar-refractivity contribution is -0.115. The molecule has 0 aliphatic heterocycles. The van der Waals surface area contributed by atoms with E-state index in [1.54, 1.807) is 0 Å². The van der Waals surface area contributed by atoms with Crippen molar-refractivity contribution >= 4 is 15.8 Å². The van der Waals surface area contributed by atoms with Crippen molar-refractivity contribution < 1.29 is 9.00 Å². The number of nitrogens with zero attached hydrogens (tertiary/aromatic N) is 1. The van der Waals surface area contributed by atoms with E-state index < -0.39 is 15.8 Å². The highest BCUT2D eigenvalue weighted by molar-refractivity contribution is 7.91. The van der Waals surface area contributed by atoms with E-state index in [0.717, 1.165) is 0 Å². The van der Waals surface area contributed by atoms with Crippen LogP contribution in [-0.2, 0) is 14.7 Å². The highest BCUT2D eigenvalue weighted by Gasteiger charge is 2.14. The zero-order valence-corrected chi connectivity index (χ0v) is 8.99. The van der Waals surface area contributed by atoms with E-state index in [2.05, 4.69) is 9.08 Å². The monoisotopic (exact) mass is 192 g/mol. The van der Waals surface area contributed by atoms with Crippen molar-refractivity contribution in [2.24, 2.45) is 4.36 Å². The number of nitrogens with one attached hydrogen (secondary N) is 1. The lowest BCUT2D eigenvalue weighted by Crippen LogP contribution is -2.39. The van der Waals surface area contributed by atoms with Gasteiger partial charge in [-0.05, 0) is 20.8 Å². The molecule has 0 aliphatic carbocycles. The maximum absolute atomic E-state index is 11.5. The van der Waals surface area contributed by atoms with Crippen LogP contribution >= 0.6 is 0 Å². The molecule has 0 heterocycles. The molecule has 0 bridgehead atoms. The van der Waals surface area contributed by atoms with Gasteiger partial charge in [0.1, 0.15) is 9.92 Å². The molecule has 0 fully saturated rings. The maximum atomic E-state index is 11.5. The molecule has 0 spiro atoms. The standard InChI is InChI=1S/C7H16N2O2S/c1-6(10)8-12(5,11)9-7(2,3)4/h1-5H3,(H,8,9,10,11). The van der Waals surface area contributed by atoms with E-state index >= 15 is 0 Å². The zero-order chi connectivity index (χ0) is 9.99. The van der Waals surface area contributed by atoms with Gasteiger partial charge in [0, 0.05) is 18.7 Å². The Labute approximate surface area is 74.1 Å².